The molecule has 1 aromatic carbocycles. The first-order valence-electron chi connectivity index (χ1n) is 6.02. The van der Waals surface area contributed by atoms with E-state index in [1.807, 2.05) is 31.2 Å². The number of carbonyl (C=O) groups is 2. The minimum absolute atomic E-state index is 0.0605. The zero-order valence-corrected chi connectivity index (χ0v) is 10.9. The third-order valence-corrected chi connectivity index (χ3v) is 2.73. The average molecular weight is 274 g/mol. The summed E-state index contributed by atoms with van der Waals surface area (Å²) in [6, 6.07) is 7.59. The van der Waals surface area contributed by atoms with Crippen LogP contribution in [0.5, 0.6) is 0 Å². The van der Waals surface area contributed by atoms with E-state index in [0.717, 1.165) is 16.5 Å². The van der Waals surface area contributed by atoms with Gasteiger partial charge in [0.2, 0.25) is 5.91 Å². The number of amides is 1. The molecular formula is C13H14N4O3. The quantitative estimate of drug-likeness (QED) is 0.735. The average Bonchev–Trinajstić information content (AvgIpc) is 2.45. The molecule has 0 unspecified atom stereocenters. The first kappa shape index (κ1) is 13.7. The molecule has 1 aromatic heterocycles. The molecule has 0 spiro atoms. The van der Waals surface area contributed by atoms with Gasteiger partial charge in [0.05, 0.1) is 12.2 Å². The first-order valence-corrected chi connectivity index (χ1v) is 6.02. The predicted octanol–water partition coefficient (Wildman–Crippen LogP) is 0.551. The fourth-order valence-electron chi connectivity index (χ4n) is 1.77. The Morgan fingerprint density at radius 3 is 2.55 bits per heavy atom. The maximum Gasteiger partial charge on any atom is 0.322 e. The van der Waals surface area contributed by atoms with Crippen LogP contribution in [-0.2, 0) is 9.59 Å². The summed E-state index contributed by atoms with van der Waals surface area (Å²) in [5.74, 6) is -1.01. The van der Waals surface area contributed by atoms with E-state index in [1.54, 1.807) is 0 Å². The minimum atomic E-state index is -1.08. The molecule has 0 radical (unpaired) electrons. The normalized spacial score (nSPS) is 10.2. The van der Waals surface area contributed by atoms with Crippen LogP contribution in [0.4, 0.5) is 5.82 Å². The molecule has 1 amide bonds. The number of benzene rings is 1. The minimum Gasteiger partial charge on any atom is -0.480 e. The molecular weight excluding hydrogens is 260 g/mol. The molecule has 0 aliphatic carbocycles. The summed E-state index contributed by atoms with van der Waals surface area (Å²) >= 11 is 0. The Kier molecular flexibility index (Phi) is 4.09. The van der Waals surface area contributed by atoms with Crippen LogP contribution in [0.2, 0.25) is 0 Å². The van der Waals surface area contributed by atoms with E-state index in [1.165, 1.54) is 0 Å². The molecule has 0 fully saturated rings. The van der Waals surface area contributed by atoms with Crippen LogP contribution in [0, 0.1) is 6.92 Å². The van der Waals surface area contributed by atoms with Gasteiger partial charge in [-0.3, -0.25) is 9.59 Å². The van der Waals surface area contributed by atoms with Gasteiger partial charge in [-0.2, -0.15) is 5.10 Å². The van der Waals surface area contributed by atoms with Crippen molar-refractivity contribution in [3.05, 3.63) is 30.0 Å². The first-order chi connectivity index (χ1) is 9.58. The van der Waals surface area contributed by atoms with Gasteiger partial charge in [-0.15, -0.1) is 5.10 Å². The standard InChI is InChI=1S/C13H14N4O3/c1-8-9-4-2-3-5-10(9)13(17-16-8)15-6-11(18)14-7-12(19)20/h2-5H,6-7H2,1H3,(H,14,18)(H,15,17)(H,19,20). The lowest BCUT2D eigenvalue weighted by Crippen LogP contribution is -2.34. The number of anilines is 1. The lowest BCUT2D eigenvalue weighted by molar-refractivity contribution is -0.137. The highest BCUT2D eigenvalue weighted by atomic mass is 16.4. The molecule has 0 bridgehead atoms. The second kappa shape index (κ2) is 5.96. The highest BCUT2D eigenvalue weighted by Crippen LogP contribution is 2.21. The zero-order valence-electron chi connectivity index (χ0n) is 10.9. The van der Waals surface area contributed by atoms with Gasteiger partial charge in [-0.1, -0.05) is 24.3 Å². The topological polar surface area (TPSA) is 104 Å². The Bertz CT molecular complexity index is 657. The maximum absolute atomic E-state index is 11.4. The number of hydrogen-bond acceptors (Lipinski definition) is 5. The van der Waals surface area contributed by atoms with Crippen molar-refractivity contribution in [2.24, 2.45) is 0 Å². The molecule has 3 N–H and O–H groups in total. The Labute approximate surface area is 115 Å². The summed E-state index contributed by atoms with van der Waals surface area (Å²) in [7, 11) is 0. The predicted molar refractivity (Wildman–Crippen MR) is 73.4 cm³/mol. The van der Waals surface area contributed by atoms with E-state index in [4.69, 9.17) is 5.11 Å². The van der Waals surface area contributed by atoms with Gasteiger partial charge in [0, 0.05) is 10.8 Å². The third-order valence-electron chi connectivity index (χ3n) is 2.73. The van der Waals surface area contributed by atoms with Crippen LogP contribution in [0.25, 0.3) is 10.8 Å². The van der Waals surface area contributed by atoms with Crippen LogP contribution in [0.15, 0.2) is 24.3 Å². The Hall–Kier alpha value is -2.70. The van der Waals surface area contributed by atoms with E-state index in [-0.39, 0.29) is 6.54 Å². The smallest absolute Gasteiger partial charge is 0.322 e. The zero-order chi connectivity index (χ0) is 14.5. The number of carboxylic acid groups (broad SMARTS) is 1. The fraction of sp³-hybridized carbons (Fsp3) is 0.231. The van der Waals surface area contributed by atoms with E-state index in [0.29, 0.717) is 5.82 Å². The van der Waals surface area contributed by atoms with Crippen LogP contribution < -0.4 is 10.6 Å². The van der Waals surface area contributed by atoms with Crippen molar-refractivity contribution in [2.75, 3.05) is 18.4 Å². The summed E-state index contributed by atoms with van der Waals surface area (Å²) in [5.41, 5.74) is 0.807. The van der Waals surface area contributed by atoms with E-state index in [9.17, 15) is 9.59 Å². The van der Waals surface area contributed by atoms with Gasteiger partial charge in [0.25, 0.3) is 0 Å². The highest BCUT2D eigenvalue weighted by Gasteiger charge is 2.08. The molecule has 0 atom stereocenters. The van der Waals surface area contributed by atoms with Gasteiger partial charge in [0.1, 0.15) is 6.54 Å². The molecule has 20 heavy (non-hydrogen) atoms. The van der Waals surface area contributed by atoms with Crippen LogP contribution in [0.1, 0.15) is 5.69 Å². The molecule has 1 heterocycles. The highest BCUT2D eigenvalue weighted by molar-refractivity contribution is 5.94. The number of aromatic nitrogens is 2. The van der Waals surface area contributed by atoms with Gasteiger partial charge in [-0.25, -0.2) is 0 Å². The number of nitrogens with one attached hydrogen (secondary N) is 2. The number of hydrogen-bond donors (Lipinski definition) is 3. The summed E-state index contributed by atoms with van der Waals surface area (Å²) in [6.45, 7) is 1.40. The maximum atomic E-state index is 11.4. The summed E-state index contributed by atoms with van der Waals surface area (Å²) in [4.78, 5) is 21.8. The van der Waals surface area contributed by atoms with Crippen molar-refractivity contribution in [2.45, 2.75) is 6.92 Å². The molecule has 0 saturated carbocycles. The van der Waals surface area contributed by atoms with E-state index in [2.05, 4.69) is 20.8 Å². The van der Waals surface area contributed by atoms with Crippen molar-refractivity contribution in [3.63, 3.8) is 0 Å². The van der Waals surface area contributed by atoms with Crippen molar-refractivity contribution in [3.8, 4) is 0 Å². The number of aryl methyl sites for hydroxylation is 1. The molecule has 2 aromatic rings. The van der Waals surface area contributed by atoms with Crippen LogP contribution >= 0.6 is 0 Å². The van der Waals surface area contributed by atoms with E-state index < -0.39 is 18.4 Å². The number of fused-ring (bicyclic) bond motifs is 1. The number of carboxylic acids is 1. The molecule has 7 heteroatoms. The summed E-state index contributed by atoms with van der Waals surface area (Å²) in [6.07, 6.45) is 0. The molecule has 2 rings (SSSR count). The fourth-order valence-corrected chi connectivity index (χ4v) is 1.77. The Morgan fingerprint density at radius 2 is 1.85 bits per heavy atom. The second-order valence-electron chi connectivity index (χ2n) is 4.20. The van der Waals surface area contributed by atoms with Crippen LogP contribution in [-0.4, -0.2) is 40.3 Å². The van der Waals surface area contributed by atoms with Crippen molar-refractivity contribution in [1.82, 2.24) is 15.5 Å². The molecule has 0 saturated heterocycles. The number of nitrogens with zero attached hydrogens (tertiary/aromatic N) is 2. The van der Waals surface area contributed by atoms with E-state index >= 15 is 0 Å². The summed E-state index contributed by atoms with van der Waals surface area (Å²) in [5, 5.41) is 23.4. The third kappa shape index (κ3) is 3.19. The van der Waals surface area contributed by atoms with Gasteiger partial charge in [0.15, 0.2) is 5.82 Å². The monoisotopic (exact) mass is 274 g/mol. The Balaban J connectivity index is 2.09. The SMILES string of the molecule is Cc1nnc(NCC(=O)NCC(=O)O)c2ccccc12. The number of carbonyl (C=O) groups excluding carboxylic acids is 1. The second-order valence-corrected chi connectivity index (χ2v) is 4.20. The van der Waals surface area contributed by atoms with Gasteiger partial charge in [-0.05, 0) is 6.92 Å². The largest absolute Gasteiger partial charge is 0.480 e. The lowest BCUT2D eigenvalue weighted by atomic mass is 10.1. The molecule has 0 aliphatic heterocycles. The van der Waals surface area contributed by atoms with Crippen molar-refractivity contribution < 1.29 is 14.7 Å². The van der Waals surface area contributed by atoms with Crippen molar-refractivity contribution in [1.29, 1.82) is 0 Å². The van der Waals surface area contributed by atoms with Crippen LogP contribution in [0.3, 0.4) is 0 Å². The van der Waals surface area contributed by atoms with Gasteiger partial charge < -0.3 is 15.7 Å². The molecule has 7 nitrogen and oxygen atoms in total. The molecule has 0 aliphatic rings. The molecule has 104 valence electrons. The van der Waals surface area contributed by atoms with Crippen molar-refractivity contribution >= 4 is 28.5 Å². The Morgan fingerprint density at radius 1 is 1.15 bits per heavy atom. The van der Waals surface area contributed by atoms with Gasteiger partial charge >= 0.3 is 5.97 Å². The lowest BCUT2D eigenvalue weighted by Gasteiger charge is -2.09. The number of rotatable bonds is 5. The summed E-state index contributed by atoms with van der Waals surface area (Å²) < 4.78 is 0. The number of aliphatic carboxylic acids is 1.